The zero-order valence-electron chi connectivity index (χ0n) is 11.0. The molecule has 0 radical (unpaired) electrons. The van der Waals surface area contributed by atoms with Crippen LogP contribution in [0.4, 0.5) is 0 Å². The summed E-state index contributed by atoms with van der Waals surface area (Å²) in [6.07, 6.45) is 7.75. The van der Waals surface area contributed by atoms with Crippen LogP contribution in [0, 0.1) is 0 Å². The number of likely N-dealkylation sites (tertiary alicyclic amines) is 1. The van der Waals surface area contributed by atoms with Gasteiger partial charge in [0, 0.05) is 37.2 Å². The van der Waals surface area contributed by atoms with Crippen LogP contribution in [-0.4, -0.2) is 40.5 Å². The molecule has 2 heterocycles. The number of nitrogens with zero attached hydrogens (tertiary/aromatic N) is 3. The van der Waals surface area contributed by atoms with Crippen LogP contribution in [0.3, 0.4) is 0 Å². The average Bonchev–Trinajstić information content (AvgIpc) is 2.40. The maximum atomic E-state index is 4.39. The molecule has 0 spiro atoms. The minimum absolute atomic E-state index is 0.304. The van der Waals surface area contributed by atoms with Crippen LogP contribution >= 0.6 is 0 Å². The third-order valence-corrected chi connectivity index (χ3v) is 4.06. The molecule has 17 heavy (non-hydrogen) atoms. The van der Waals surface area contributed by atoms with Gasteiger partial charge in [0.15, 0.2) is 0 Å². The molecule has 1 atom stereocenters. The third-order valence-electron chi connectivity index (χ3n) is 4.06. The molecule has 2 rings (SSSR count). The Balaban J connectivity index is 1.97. The molecule has 4 nitrogen and oxygen atoms in total. The summed E-state index contributed by atoms with van der Waals surface area (Å²) in [5.74, 6) is 0. The molecule has 1 aromatic rings. The van der Waals surface area contributed by atoms with Crippen molar-refractivity contribution >= 4 is 0 Å². The summed E-state index contributed by atoms with van der Waals surface area (Å²) in [6.45, 7) is 6.76. The largest absolute Gasteiger partial charge is 0.314 e. The number of hydrogen-bond acceptors (Lipinski definition) is 4. The number of aromatic nitrogens is 2. The molecule has 4 heteroatoms. The molecular formula is C13H22N4. The van der Waals surface area contributed by atoms with Crippen molar-refractivity contribution in [2.75, 3.05) is 20.1 Å². The Morgan fingerprint density at radius 3 is 2.59 bits per heavy atom. The molecule has 94 valence electrons. The first kappa shape index (κ1) is 12.5. The van der Waals surface area contributed by atoms with Crippen LogP contribution in [0.1, 0.15) is 38.4 Å². The standard InChI is InChI=1S/C13H22N4/c1-11(12-10-15-6-7-16-12)17-8-4-13(2,14-3)5-9-17/h6-7,10-11,14H,4-5,8-9H2,1-3H3. The topological polar surface area (TPSA) is 41.0 Å². The molecule has 1 unspecified atom stereocenters. The lowest BCUT2D eigenvalue weighted by Gasteiger charge is -2.41. The van der Waals surface area contributed by atoms with Crippen molar-refractivity contribution in [1.82, 2.24) is 20.2 Å². The van der Waals surface area contributed by atoms with Crippen LogP contribution in [0.2, 0.25) is 0 Å². The first-order chi connectivity index (χ1) is 8.14. The van der Waals surface area contributed by atoms with Crippen molar-refractivity contribution in [2.24, 2.45) is 0 Å². The molecule has 0 amide bonds. The predicted octanol–water partition coefficient (Wildman–Crippen LogP) is 1.61. The van der Waals surface area contributed by atoms with E-state index in [2.05, 4.69) is 41.1 Å². The minimum Gasteiger partial charge on any atom is -0.314 e. The zero-order chi connectivity index (χ0) is 12.3. The van der Waals surface area contributed by atoms with Crippen molar-refractivity contribution in [2.45, 2.75) is 38.3 Å². The van der Waals surface area contributed by atoms with Crippen LogP contribution in [0.5, 0.6) is 0 Å². The monoisotopic (exact) mass is 234 g/mol. The Bertz CT molecular complexity index is 344. The highest BCUT2D eigenvalue weighted by Gasteiger charge is 2.30. The number of rotatable bonds is 3. The van der Waals surface area contributed by atoms with E-state index in [0.717, 1.165) is 18.8 Å². The highest BCUT2D eigenvalue weighted by atomic mass is 15.2. The SMILES string of the molecule is CNC1(C)CCN(C(C)c2cnccn2)CC1. The highest BCUT2D eigenvalue weighted by Crippen LogP contribution is 2.27. The Kier molecular flexibility index (Phi) is 3.74. The Labute approximate surface area is 103 Å². The summed E-state index contributed by atoms with van der Waals surface area (Å²) >= 11 is 0. The molecule has 0 saturated carbocycles. The fourth-order valence-electron chi connectivity index (χ4n) is 2.37. The second-order valence-corrected chi connectivity index (χ2v) is 5.15. The molecule has 1 fully saturated rings. The summed E-state index contributed by atoms with van der Waals surface area (Å²) < 4.78 is 0. The molecule has 0 aromatic carbocycles. The fourth-order valence-corrected chi connectivity index (χ4v) is 2.37. The maximum Gasteiger partial charge on any atom is 0.0755 e. The van der Waals surface area contributed by atoms with E-state index in [1.165, 1.54) is 12.8 Å². The molecule has 1 N–H and O–H groups in total. The van der Waals surface area contributed by atoms with Crippen LogP contribution in [0.25, 0.3) is 0 Å². The van der Waals surface area contributed by atoms with Gasteiger partial charge < -0.3 is 5.32 Å². The summed E-state index contributed by atoms with van der Waals surface area (Å²) in [5.41, 5.74) is 1.37. The third kappa shape index (κ3) is 2.82. The first-order valence-corrected chi connectivity index (χ1v) is 6.33. The summed E-state index contributed by atoms with van der Waals surface area (Å²) in [5, 5.41) is 3.42. The van der Waals surface area contributed by atoms with Gasteiger partial charge in [-0.2, -0.15) is 0 Å². The Morgan fingerprint density at radius 1 is 1.35 bits per heavy atom. The van der Waals surface area contributed by atoms with E-state index >= 15 is 0 Å². The maximum absolute atomic E-state index is 4.39. The quantitative estimate of drug-likeness (QED) is 0.862. The second kappa shape index (κ2) is 5.10. The lowest BCUT2D eigenvalue weighted by Crippen LogP contribution is -2.50. The Hall–Kier alpha value is -1.00. The summed E-state index contributed by atoms with van der Waals surface area (Å²) in [4.78, 5) is 11.0. The van der Waals surface area contributed by atoms with Gasteiger partial charge in [-0.05, 0) is 33.7 Å². The number of piperidine rings is 1. The van der Waals surface area contributed by atoms with E-state index in [1.54, 1.807) is 12.4 Å². The minimum atomic E-state index is 0.304. The van der Waals surface area contributed by atoms with E-state index in [9.17, 15) is 0 Å². The molecule has 0 bridgehead atoms. The molecule has 0 aliphatic carbocycles. The van der Waals surface area contributed by atoms with Crippen molar-refractivity contribution in [3.63, 3.8) is 0 Å². The highest BCUT2D eigenvalue weighted by molar-refractivity contribution is 5.02. The van der Waals surface area contributed by atoms with Crippen molar-refractivity contribution < 1.29 is 0 Å². The summed E-state index contributed by atoms with van der Waals surface area (Å²) in [6, 6.07) is 0.366. The van der Waals surface area contributed by atoms with E-state index in [-0.39, 0.29) is 0 Å². The second-order valence-electron chi connectivity index (χ2n) is 5.15. The Morgan fingerprint density at radius 2 is 2.06 bits per heavy atom. The molecule has 1 aliphatic heterocycles. The van der Waals surface area contributed by atoms with E-state index in [0.29, 0.717) is 11.6 Å². The van der Waals surface area contributed by atoms with Crippen molar-refractivity contribution in [3.8, 4) is 0 Å². The van der Waals surface area contributed by atoms with Gasteiger partial charge >= 0.3 is 0 Å². The first-order valence-electron chi connectivity index (χ1n) is 6.33. The van der Waals surface area contributed by atoms with Crippen LogP contribution in [-0.2, 0) is 0 Å². The van der Waals surface area contributed by atoms with Gasteiger partial charge in [0.05, 0.1) is 11.7 Å². The van der Waals surface area contributed by atoms with E-state index in [4.69, 9.17) is 0 Å². The van der Waals surface area contributed by atoms with Gasteiger partial charge in [-0.3, -0.25) is 14.9 Å². The smallest absolute Gasteiger partial charge is 0.0755 e. The normalized spacial score (nSPS) is 22.3. The average molecular weight is 234 g/mol. The van der Waals surface area contributed by atoms with E-state index in [1.807, 2.05) is 6.20 Å². The van der Waals surface area contributed by atoms with Crippen molar-refractivity contribution in [3.05, 3.63) is 24.3 Å². The van der Waals surface area contributed by atoms with Gasteiger partial charge in [-0.1, -0.05) is 0 Å². The number of nitrogens with one attached hydrogen (secondary N) is 1. The van der Waals surface area contributed by atoms with E-state index < -0.39 is 0 Å². The van der Waals surface area contributed by atoms with Gasteiger partial charge in [0.25, 0.3) is 0 Å². The van der Waals surface area contributed by atoms with Gasteiger partial charge in [-0.25, -0.2) is 0 Å². The zero-order valence-corrected chi connectivity index (χ0v) is 11.0. The number of hydrogen-bond donors (Lipinski definition) is 1. The van der Waals surface area contributed by atoms with Crippen molar-refractivity contribution in [1.29, 1.82) is 0 Å². The van der Waals surface area contributed by atoms with Gasteiger partial charge in [0.2, 0.25) is 0 Å². The van der Waals surface area contributed by atoms with Gasteiger partial charge in [-0.15, -0.1) is 0 Å². The fraction of sp³-hybridized carbons (Fsp3) is 0.692. The van der Waals surface area contributed by atoms with Gasteiger partial charge in [0.1, 0.15) is 0 Å². The molecular weight excluding hydrogens is 212 g/mol. The summed E-state index contributed by atoms with van der Waals surface area (Å²) in [7, 11) is 2.06. The molecule has 1 aliphatic rings. The van der Waals surface area contributed by atoms with Crippen LogP contribution < -0.4 is 5.32 Å². The molecule has 1 saturated heterocycles. The lowest BCUT2D eigenvalue weighted by atomic mass is 9.89. The lowest BCUT2D eigenvalue weighted by molar-refractivity contribution is 0.115. The van der Waals surface area contributed by atoms with Crippen LogP contribution in [0.15, 0.2) is 18.6 Å². The predicted molar refractivity (Wildman–Crippen MR) is 68.7 cm³/mol. The molecule has 1 aromatic heterocycles.